The zero-order chi connectivity index (χ0) is 12.8. The van der Waals surface area contributed by atoms with E-state index in [1.165, 1.54) is 7.11 Å². The van der Waals surface area contributed by atoms with Crippen LogP contribution in [0, 0.1) is 5.92 Å². The van der Waals surface area contributed by atoms with Gasteiger partial charge in [0, 0.05) is 19.6 Å². The third kappa shape index (κ3) is 3.61. The summed E-state index contributed by atoms with van der Waals surface area (Å²) in [5, 5.41) is 29.1. The van der Waals surface area contributed by atoms with E-state index in [0.717, 1.165) is 0 Å². The van der Waals surface area contributed by atoms with Crippen LogP contribution in [0.25, 0.3) is 0 Å². The summed E-state index contributed by atoms with van der Waals surface area (Å²) < 4.78 is 15.6. The molecule has 0 aliphatic carbocycles. The van der Waals surface area contributed by atoms with Gasteiger partial charge in [-0.1, -0.05) is 0 Å². The van der Waals surface area contributed by atoms with Gasteiger partial charge in [-0.25, -0.2) is 0 Å². The summed E-state index contributed by atoms with van der Waals surface area (Å²) >= 11 is 0. The van der Waals surface area contributed by atoms with Crippen molar-refractivity contribution in [2.75, 3.05) is 33.5 Å². The van der Waals surface area contributed by atoms with Crippen molar-refractivity contribution in [2.45, 2.75) is 31.3 Å². The Morgan fingerprint density at radius 1 is 1.12 bits per heavy atom. The summed E-state index contributed by atoms with van der Waals surface area (Å²) in [6.07, 6.45) is -3.17. The average molecular weight is 250 g/mol. The maximum atomic E-state index is 9.99. The molecule has 1 aliphatic heterocycles. The first-order chi connectivity index (χ1) is 8.15. The third-order valence-corrected chi connectivity index (χ3v) is 3.02. The Bertz CT molecular complexity index is 210. The molecule has 0 aromatic rings. The van der Waals surface area contributed by atoms with Crippen LogP contribution >= 0.6 is 0 Å². The molecule has 0 amide bonds. The number of aliphatic hydroxyl groups excluding tert-OH is 3. The van der Waals surface area contributed by atoms with Crippen molar-refractivity contribution in [2.24, 2.45) is 5.92 Å². The predicted molar refractivity (Wildman–Crippen MR) is 59.6 cm³/mol. The van der Waals surface area contributed by atoms with E-state index in [0.29, 0.717) is 6.61 Å². The molecule has 5 unspecified atom stereocenters. The van der Waals surface area contributed by atoms with Gasteiger partial charge >= 0.3 is 0 Å². The van der Waals surface area contributed by atoms with Gasteiger partial charge in [-0.05, 0) is 6.92 Å². The fraction of sp³-hybridized carbons (Fsp3) is 1.00. The Labute approximate surface area is 101 Å². The molecule has 5 atom stereocenters. The summed E-state index contributed by atoms with van der Waals surface area (Å²) in [7, 11) is 1.49. The highest BCUT2D eigenvalue weighted by Gasteiger charge is 2.43. The number of ether oxygens (including phenoxy) is 3. The van der Waals surface area contributed by atoms with Crippen LogP contribution in [0.5, 0.6) is 0 Å². The van der Waals surface area contributed by atoms with Gasteiger partial charge in [0.25, 0.3) is 0 Å². The fourth-order valence-corrected chi connectivity index (χ4v) is 2.04. The summed E-state index contributed by atoms with van der Waals surface area (Å²) in [6, 6.07) is 0. The van der Waals surface area contributed by atoms with Crippen molar-refractivity contribution in [3.05, 3.63) is 0 Å². The van der Waals surface area contributed by atoms with Crippen molar-refractivity contribution in [1.82, 2.24) is 0 Å². The molecule has 0 aromatic carbocycles. The number of hydrogen-bond acceptors (Lipinski definition) is 6. The summed E-state index contributed by atoms with van der Waals surface area (Å²) in [5.74, 6) is -0.428. The molecule has 1 rings (SSSR count). The summed E-state index contributed by atoms with van der Waals surface area (Å²) in [5.41, 5.74) is 0. The second-order valence-electron chi connectivity index (χ2n) is 4.16. The topological polar surface area (TPSA) is 88.4 Å². The van der Waals surface area contributed by atoms with E-state index in [4.69, 9.17) is 14.2 Å². The minimum Gasteiger partial charge on any atom is -0.394 e. The molecule has 0 radical (unpaired) electrons. The first kappa shape index (κ1) is 14.8. The van der Waals surface area contributed by atoms with Crippen LogP contribution in [0.2, 0.25) is 0 Å². The van der Waals surface area contributed by atoms with Gasteiger partial charge in [0.15, 0.2) is 0 Å². The maximum absolute atomic E-state index is 9.99. The van der Waals surface area contributed by atoms with Crippen LogP contribution in [0.3, 0.4) is 0 Å². The zero-order valence-electron chi connectivity index (χ0n) is 10.3. The second kappa shape index (κ2) is 7.25. The Balaban J connectivity index is 2.65. The molecule has 1 aliphatic rings. The quantitative estimate of drug-likeness (QED) is 0.547. The van der Waals surface area contributed by atoms with Crippen molar-refractivity contribution in [1.29, 1.82) is 0 Å². The van der Waals surface area contributed by atoms with E-state index in [9.17, 15) is 15.3 Å². The molecule has 0 aromatic heterocycles. The Morgan fingerprint density at radius 3 is 2.35 bits per heavy atom. The van der Waals surface area contributed by atoms with Crippen LogP contribution in [0.4, 0.5) is 0 Å². The lowest BCUT2D eigenvalue weighted by atomic mass is 9.87. The van der Waals surface area contributed by atoms with Crippen LogP contribution in [0.15, 0.2) is 0 Å². The average Bonchev–Trinajstić information content (AvgIpc) is 2.34. The predicted octanol–water partition coefficient (Wildman–Crippen LogP) is -1.23. The van der Waals surface area contributed by atoms with Crippen molar-refractivity contribution in [3.8, 4) is 0 Å². The van der Waals surface area contributed by atoms with E-state index in [1.54, 1.807) is 0 Å². The van der Waals surface area contributed by atoms with Crippen molar-refractivity contribution < 1.29 is 29.5 Å². The molecular weight excluding hydrogens is 228 g/mol. The molecule has 1 saturated heterocycles. The molecule has 17 heavy (non-hydrogen) atoms. The van der Waals surface area contributed by atoms with Gasteiger partial charge in [-0.2, -0.15) is 0 Å². The van der Waals surface area contributed by atoms with E-state index in [1.807, 2.05) is 6.92 Å². The van der Waals surface area contributed by atoms with Crippen molar-refractivity contribution in [3.63, 3.8) is 0 Å². The van der Waals surface area contributed by atoms with Crippen LogP contribution < -0.4 is 0 Å². The third-order valence-electron chi connectivity index (χ3n) is 3.02. The van der Waals surface area contributed by atoms with E-state index in [2.05, 4.69) is 0 Å². The molecular formula is C11H22O6. The lowest BCUT2D eigenvalue weighted by molar-refractivity contribution is -0.226. The van der Waals surface area contributed by atoms with Gasteiger partial charge < -0.3 is 29.5 Å². The number of methoxy groups -OCH3 is 1. The number of hydrogen-bond donors (Lipinski definition) is 3. The Hall–Kier alpha value is -0.240. The first-order valence-corrected chi connectivity index (χ1v) is 5.84. The molecule has 102 valence electrons. The van der Waals surface area contributed by atoms with Gasteiger partial charge in [-0.15, -0.1) is 0 Å². The Kier molecular flexibility index (Phi) is 6.32. The highest BCUT2D eigenvalue weighted by atomic mass is 16.6. The van der Waals surface area contributed by atoms with E-state index < -0.39 is 30.3 Å². The second-order valence-corrected chi connectivity index (χ2v) is 4.16. The van der Waals surface area contributed by atoms with E-state index >= 15 is 0 Å². The van der Waals surface area contributed by atoms with Gasteiger partial charge in [-0.3, -0.25) is 0 Å². The molecule has 6 nitrogen and oxygen atoms in total. The molecule has 0 saturated carbocycles. The number of rotatable bonds is 6. The van der Waals surface area contributed by atoms with Crippen molar-refractivity contribution >= 4 is 0 Å². The fourth-order valence-electron chi connectivity index (χ4n) is 2.04. The SMILES string of the molecule is CCOCC1C(CO)OC(COC)C(O)C1O. The smallest absolute Gasteiger partial charge is 0.110 e. The molecule has 1 heterocycles. The molecule has 6 heteroatoms. The number of aliphatic hydroxyl groups is 3. The van der Waals surface area contributed by atoms with Crippen LogP contribution in [-0.2, 0) is 14.2 Å². The van der Waals surface area contributed by atoms with Crippen LogP contribution in [-0.4, -0.2) is 73.3 Å². The largest absolute Gasteiger partial charge is 0.394 e. The van der Waals surface area contributed by atoms with Gasteiger partial charge in [0.1, 0.15) is 12.2 Å². The summed E-state index contributed by atoms with van der Waals surface area (Å²) in [4.78, 5) is 0. The minimum atomic E-state index is -1.02. The summed E-state index contributed by atoms with van der Waals surface area (Å²) in [6.45, 7) is 2.56. The zero-order valence-corrected chi connectivity index (χ0v) is 10.3. The lowest BCUT2D eigenvalue weighted by Gasteiger charge is -2.42. The highest BCUT2D eigenvalue weighted by molar-refractivity contribution is 4.91. The standard InChI is InChI=1S/C11H22O6/c1-3-16-5-7-8(4-12)17-9(6-15-2)11(14)10(7)13/h7-14H,3-6H2,1-2H3. The molecule has 1 fully saturated rings. The highest BCUT2D eigenvalue weighted by Crippen LogP contribution is 2.26. The minimum absolute atomic E-state index is 0.177. The molecule has 0 bridgehead atoms. The lowest BCUT2D eigenvalue weighted by Crippen LogP contribution is -2.57. The van der Waals surface area contributed by atoms with Crippen LogP contribution in [0.1, 0.15) is 6.92 Å². The van der Waals surface area contributed by atoms with E-state index in [-0.39, 0.29) is 19.8 Å². The monoisotopic (exact) mass is 250 g/mol. The molecule has 0 spiro atoms. The Morgan fingerprint density at radius 2 is 1.82 bits per heavy atom. The molecule has 3 N–H and O–H groups in total. The van der Waals surface area contributed by atoms with Gasteiger partial charge in [0.05, 0.1) is 32.0 Å². The van der Waals surface area contributed by atoms with Gasteiger partial charge in [0.2, 0.25) is 0 Å². The normalized spacial score (nSPS) is 38.3. The first-order valence-electron chi connectivity index (χ1n) is 5.84. The maximum Gasteiger partial charge on any atom is 0.110 e.